The van der Waals surface area contributed by atoms with Crippen molar-refractivity contribution in [2.45, 2.75) is 32.0 Å². The summed E-state index contributed by atoms with van der Waals surface area (Å²) < 4.78 is 33.7. The Morgan fingerprint density at radius 3 is 2.16 bits per heavy atom. The van der Waals surface area contributed by atoms with Gasteiger partial charge in [-0.05, 0) is 85.4 Å². The van der Waals surface area contributed by atoms with Crippen molar-refractivity contribution in [1.82, 2.24) is 30.6 Å². The minimum Gasteiger partial charge on any atom is -0.460 e. The number of hydrogen-bond donors (Lipinski definition) is 4. The van der Waals surface area contributed by atoms with Crippen molar-refractivity contribution in [3.8, 4) is 5.88 Å². The Morgan fingerprint density at radius 2 is 1.53 bits per heavy atom. The Kier molecular flexibility index (Phi) is 8.47. The summed E-state index contributed by atoms with van der Waals surface area (Å²) in [5.41, 5.74) is 2.46. The molecule has 0 saturated carbocycles. The Balaban J connectivity index is 1.16. The van der Waals surface area contributed by atoms with Crippen LogP contribution in [0.25, 0.3) is 10.9 Å². The Labute approximate surface area is 247 Å². The van der Waals surface area contributed by atoms with Gasteiger partial charge in [0, 0.05) is 31.4 Å². The van der Waals surface area contributed by atoms with Crippen LogP contribution in [0.3, 0.4) is 0 Å². The van der Waals surface area contributed by atoms with Crippen molar-refractivity contribution in [3.05, 3.63) is 89.5 Å². The standard InChI is InChI=1S/C31H33F2N7O3/c32-23-5-1-20(2-6-23)16-34-30(41)37-25-9-10-28-26(15-25)29(43-19-36-27-18-39-13-11-22(27)12-14-39)38-40(28)31(42)35-17-21-3-7-24(33)8-4-21/h1-10,15,22,27,36H,11-14,16-19H2,(H,35,42)(H2,34,37,41)/t27-/m1/s1. The van der Waals surface area contributed by atoms with Crippen molar-refractivity contribution < 1.29 is 23.1 Å². The van der Waals surface area contributed by atoms with Crippen LogP contribution in [0.1, 0.15) is 24.0 Å². The van der Waals surface area contributed by atoms with Gasteiger partial charge in [-0.3, -0.25) is 5.32 Å². The average Bonchev–Trinajstić information content (AvgIpc) is 3.39. The highest BCUT2D eigenvalue weighted by Gasteiger charge is 2.33. The molecule has 224 valence electrons. The van der Waals surface area contributed by atoms with Gasteiger partial charge < -0.3 is 25.6 Å². The summed E-state index contributed by atoms with van der Waals surface area (Å²) in [4.78, 5) is 28.2. The molecule has 4 N–H and O–H groups in total. The molecule has 0 unspecified atom stereocenters. The number of nitrogens with zero attached hydrogens (tertiary/aromatic N) is 3. The number of carbonyl (C=O) groups excluding carboxylic acids is 2. The highest BCUT2D eigenvalue weighted by atomic mass is 19.1. The molecule has 12 heteroatoms. The van der Waals surface area contributed by atoms with Gasteiger partial charge in [-0.15, -0.1) is 5.10 Å². The number of ether oxygens (including phenoxy) is 1. The first kappa shape index (κ1) is 28.6. The molecule has 3 aliphatic rings. The number of amides is 3. The van der Waals surface area contributed by atoms with Crippen molar-refractivity contribution in [1.29, 1.82) is 0 Å². The van der Waals surface area contributed by atoms with E-state index in [-0.39, 0.29) is 37.3 Å². The maximum Gasteiger partial charge on any atom is 0.343 e. The summed E-state index contributed by atoms with van der Waals surface area (Å²) in [6.45, 7) is 3.88. The van der Waals surface area contributed by atoms with Crippen molar-refractivity contribution >= 4 is 28.7 Å². The highest BCUT2D eigenvalue weighted by Crippen LogP contribution is 2.29. The number of carbonyl (C=O) groups is 2. The van der Waals surface area contributed by atoms with E-state index in [1.807, 2.05) is 0 Å². The molecule has 1 aromatic heterocycles. The first-order chi connectivity index (χ1) is 20.9. The van der Waals surface area contributed by atoms with Crippen LogP contribution in [-0.2, 0) is 13.1 Å². The summed E-state index contributed by atoms with van der Waals surface area (Å²) in [5, 5.41) is 16.8. The number of nitrogens with one attached hydrogen (secondary N) is 4. The van der Waals surface area contributed by atoms with Crippen LogP contribution >= 0.6 is 0 Å². The topological polar surface area (TPSA) is 113 Å². The van der Waals surface area contributed by atoms with Crippen LogP contribution in [0.2, 0.25) is 0 Å². The number of rotatable bonds is 9. The maximum atomic E-state index is 13.3. The van der Waals surface area contributed by atoms with Crippen molar-refractivity contribution in [2.75, 3.05) is 31.7 Å². The number of hydrogen-bond acceptors (Lipinski definition) is 6. The molecule has 7 rings (SSSR count). The molecular formula is C31H33F2N7O3. The fraction of sp³-hybridized carbons (Fsp3) is 0.323. The second-order valence-electron chi connectivity index (χ2n) is 10.9. The summed E-state index contributed by atoms with van der Waals surface area (Å²) in [7, 11) is 0. The average molecular weight is 590 g/mol. The van der Waals surface area contributed by atoms with E-state index in [1.54, 1.807) is 42.5 Å². The molecule has 3 aromatic carbocycles. The van der Waals surface area contributed by atoms with E-state index in [4.69, 9.17) is 4.74 Å². The highest BCUT2D eigenvalue weighted by molar-refractivity contribution is 5.97. The maximum absolute atomic E-state index is 13.3. The van der Waals surface area contributed by atoms with Gasteiger partial charge in [-0.2, -0.15) is 4.68 Å². The van der Waals surface area contributed by atoms with Crippen molar-refractivity contribution in [3.63, 3.8) is 0 Å². The minimum atomic E-state index is -0.479. The van der Waals surface area contributed by atoms with E-state index in [1.165, 1.54) is 41.8 Å². The van der Waals surface area contributed by atoms with Crippen LogP contribution < -0.4 is 26.0 Å². The second-order valence-corrected chi connectivity index (χ2v) is 10.9. The van der Waals surface area contributed by atoms with Crippen LogP contribution in [0.4, 0.5) is 24.1 Å². The van der Waals surface area contributed by atoms with Crippen LogP contribution in [0, 0.1) is 17.6 Å². The smallest absolute Gasteiger partial charge is 0.343 e. The van der Waals surface area contributed by atoms with E-state index in [9.17, 15) is 18.4 Å². The van der Waals surface area contributed by atoms with Gasteiger partial charge in [-0.25, -0.2) is 18.4 Å². The Hall–Kier alpha value is -4.55. The second kappa shape index (κ2) is 12.8. The molecule has 10 nitrogen and oxygen atoms in total. The lowest BCUT2D eigenvalue weighted by Gasteiger charge is -2.45. The van der Waals surface area contributed by atoms with Gasteiger partial charge in [0.25, 0.3) is 0 Å². The Bertz CT molecular complexity index is 1590. The molecule has 3 aliphatic heterocycles. The molecule has 0 spiro atoms. The SMILES string of the molecule is O=C(NCc1ccc(F)cc1)Nc1ccc2c(c1)c(OCN[C@@H]1CN3CCC1CC3)nn2C(=O)NCc1ccc(F)cc1. The molecule has 0 aliphatic carbocycles. The number of piperidine rings is 3. The number of benzene rings is 3. The normalized spacial score (nSPS) is 19.3. The fourth-order valence-corrected chi connectivity index (χ4v) is 5.66. The summed E-state index contributed by atoms with van der Waals surface area (Å²) >= 11 is 0. The van der Waals surface area contributed by atoms with Gasteiger partial charge in [-0.1, -0.05) is 24.3 Å². The number of halogens is 2. The van der Waals surface area contributed by atoms with Gasteiger partial charge in [0.2, 0.25) is 5.88 Å². The zero-order valence-electron chi connectivity index (χ0n) is 23.5. The largest absolute Gasteiger partial charge is 0.460 e. The zero-order chi connectivity index (χ0) is 29.8. The first-order valence-corrected chi connectivity index (χ1v) is 14.3. The molecule has 43 heavy (non-hydrogen) atoms. The van der Waals surface area contributed by atoms with Gasteiger partial charge >= 0.3 is 12.1 Å². The Morgan fingerprint density at radius 1 is 0.884 bits per heavy atom. The lowest BCUT2D eigenvalue weighted by molar-refractivity contribution is 0.0614. The zero-order valence-corrected chi connectivity index (χ0v) is 23.5. The fourth-order valence-electron chi connectivity index (χ4n) is 5.66. The van der Waals surface area contributed by atoms with E-state index in [0.717, 1.165) is 30.8 Å². The van der Waals surface area contributed by atoms with Crippen LogP contribution in [-0.4, -0.2) is 59.1 Å². The molecule has 2 bridgehead atoms. The molecule has 0 radical (unpaired) electrons. The molecule has 4 aromatic rings. The van der Waals surface area contributed by atoms with E-state index in [2.05, 4.69) is 31.3 Å². The third-order valence-electron chi connectivity index (χ3n) is 8.03. The summed E-state index contributed by atoms with van der Waals surface area (Å²) in [6.07, 6.45) is 2.34. The minimum absolute atomic E-state index is 0.186. The predicted molar refractivity (Wildman–Crippen MR) is 158 cm³/mol. The third-order valence-corrected chi connectivity index (χ3v) is 8.03. The van der Waals surface area contributed by atoms with Crippen LogP contribution in [0.15, 0.2) is 66.7 Å². The van der Waals surface area contributed by atoms with E-state index < -0.39 is 12.1 Å². The third kappa shape index (κ3) is 6.92. The lowest BCUT2D eigenvalue weighted by atomic mass is 9.84. The quantitative estimate of drug-likeness (QED) is 0.215. The molecule has 3 amide bonds. The predicted octanol–water partition coefficient (Wildman–Crippen LogP) is 4.41. The van der Waals surface area contributed by atoms with Gasteiger partial charge in [0.1, 0.15) is 18.4 Å². The van der Waals surface area contributed by atoms with E-state index in [0.29, 0.717) is 28.6 Å². The molecule has 3 saturated heterocycles. The van der Waals surface area contributed by atoms with Gasteiger partial charge in [0.15, 0.2) is 0 Å². The van der Waals surface area contributed by atoms with E-state index >= 15 is 0 Å². The van der Waals surface area contributed by atoms with Crippen molar-refractivity contribution in [2.24, 2.45) is 5.92 Å². The lowest BCUT2D eigenvalue weighted by Crippen LogP contribution is -2.56. The molecule has 4 heterocycles. The monoisotopic (exact) mass is 589 g/mol. The number of anilines is 1. The van der Waals surface area contributed by atoms with Gasteiger partial charge in [0.05, 0.1) is 10.9 Å². The number of aromatic nitrogens is 2. The summed E-state index contributed by atoms with van der Waals surface area (Å²) in [5.74, 6) is 0.166. The molecule has 3 fully saturated rings. The van der Waals surface area contributed by atoms with Crippen LogP contribution in [0.5, 0.6) is 5.88 Å². The molecule has 1 atom stereocenters. The number of fused-ring (bicyclic) bond motifs is 4. The summed E-state index contributed by atoms with van der Waals surface area (Å²) in [6, 6.07) is 16.2. The molecular weight excluding hydrogens is 556 g/mol. The first-order valence-electron chi connectivity index (χ1n) is 14.3. The number of urea groups is 1.